The second-order valence-corrected chi connectivity index (χ2v) is 7.25. The van der Waals surface area contributed by atoms with Gasteiger partial charge < -0.3 is 5.32 Å². The minimum absolute atomic E-state index is 0.291. The molecule has 1 N–H and O–H groups in total. The molecule has 1 heterocycles. The molecule has 0 aromatic rings. The first-order valence-corrected chi connectivity index (χ1v) is 7.83. The second-order valence-electron chi connectivity index (χ2n) is 7.25. The standard InChI is InChI=1S/C18H21N/c1-18-9-3-5-13(18)12-8-7-11-4-2-6-14-16(11)17(12)15(10-18)19-14/h3,5,7-9,14-17,19H,2,4,6,10H2,1H3/t14?,15?,16-,17-,18+/m1/s1. The van der Waals surface area contributed by atoms with E-state index >= 15 is 0 Å². The van der Waals surface area contributed by atoms with E-state index in [1.165, 1.54) is 25.7 Å². The number of hydrogen-bond donors (Lipinski definition) is 1. The molecule has 1 nitrogen and oxygen atoms in total. The van der Waals surface area contributed by atoms with Crippen LogP contribution in [-0.4, -0.2) is 12.1 Å². The van der Waals surface area contributed by atoms with Gasteiger partial charge in [0.1, 0.15) is 0 Å². The van der Waals surface area contributed by atoms with Crippen molar-refractivity contribution in [1.29, 1.82) is 0 Å². The Morgan fingerprint density at radius 3 is 3.05 bits per heavy atom. The first-order chi connectivity index (χ1) is 9.26. The third-order valence-corrected chi connectivity index (χ3v) is 6.22. The maximum Gasteiger partial charge on any atom is 0.0156 e. The fraction of sp³-hybridized carbons (Fsp3) is 0.556. The van der Waals surface area contributed by atoms with E-state index in [0.29, 0.717) is 11.5 Å². The van der Waals surface area contributed by atoms with Crippen molar-refractivity contribution in [3.8, 4) is 0 Å². The van der Waals surface area contributed by atoms with Gasteiger partial charge in [0, 0.05) is 29.3 Å². The molecule has 1 saturated heterocycles. The molecule has 19 heavy (non-hydrogen) atoms. The van der Waals surface area contributed by atoms with E-state index in [1.54, 1.807) is 16.7 Å². The predicted molar refractivity (Wildman–Crippen MR) is 77.7 cm³/mol. The summed E-state index contributed by atoms with van der Waals surface area (Å²) in [5.41, 5.74) is 5.28. The molecule has 5 rings (SSSR count). The van der Waals surface area contributed by atoms with Crippen molar-refractivity contribution in [3.63, 3.8) is 0 Å². The van der Waals surface area contributed by atoms with E-state index in [0.717, 1.165) is 17.9 Å². The molecular weight excluding hydrogens is 230 g/mol. The van der Waals surface area contributed by atoms with E-state index < -0.39 is 0 Å². The van der Waals surface area contributed by atoms with E-state index in [9.17, 15) is 0 Å². The van der Waals surface area contributed by atoms with Crippen LogP contribution >= 0.6 is 0 Å². The maximum atomic E-state index is 3.99. The quantitative estimate of drug-likeness (QED) is 0.694. The molecule has 5 atom stereocenters. The van der Waals surface area contributed by atoms with Gasteiger partial charge in [0.15, 0.2) is 0 Å². The van der Waals surface area contributed by atoms with Crippen LogP contribution in [0, 0.1) is 17.3 Å². The van der Waals surface area contributed by atoms with E-state index in [2.05, 4.69) is 42.6 Å². The molecule has 0 amide bonds. The summed E-state index contributed by atoms with van der Waals surface area (Å²) in [5.74, 6) is 1.58. The van der Waals surface area contributed by atoms with E-state index in [-0.39, 0.29) is 0 Å². The highest BCUT2D eigenvalue weighted by Gasteiger charge is 2.54. The summed E-state index contributed by atoms with van der Waals surface area (Å²) < 4.78 is 0. The number of nitrogens with one attached hydrogen (secondary N) is 1. The largest absolute Gasteiger partial charge is 0.310 e. The molecule has 0 aromatic heterocycles. The summed E-state index contributed by atoms with van der Waals surface area (Å²) in [4.78, 5) is 0. The van der Waals surface area contributed by atoms with Crippen LogP contribution in [0.3, 0.4) is 0 Å². The average molecular weight is 251 g/mol. The molecule has 0 bridgehead atoms. The molecule has 2 unspecified atom stereocenters. The van der Waals surface area contributed by atoms with Crippen LogP contribution < -0.4 is 5.32 Å². The lowest BCUT2D eigenvalue weighted by Crippen LogP contribution is -2.41. The minimum atomic E-state index is 0.291. The zero-order valence-corrected chi connectivity index (χ0v) is 11.5. The molecule has 5 aliphatic rings. The Hall–Kier alpha value is -1.08. The summed E-state index contributed by atoms with van der Waals surface area (Å²) in [6.45, 7) is 2.42. The van der Waals surface area contributed by atoms with Gasteiger partial charge in [0.25, 0.3) is 0 Å². The highest BCUT2D eigenvalue weighted by molar-refractivity contribution is 5.55. The Kier molecular flexibility index (Phi) is 1.87. The zero-order chi connectivity index (χ0) is 12.6. The highest BCUT2D eigenvalue weighted by Crippen LogP contribution is 2.58. The fourth-order valence-electron chi connectivity index (χ4n) is 5.49. The third kappa shape index (κ3) is 1.20. The number of hydrogen-bond acceptors (Lipinski definition) is 1. The Labute approximate surface area is 115 Å². The molecule has 0 spiro atoms. The van der Waals surface area contributed by atoms with Crippen LogP contribution in [0.2, 0.25) is 0 Å². The lowest BCUT2D eigenvalue weighted by atomic mass is 9.59. The highest BCUT2D eigenvalue weighted by atomic mass is 15.0. The van der Waals surface area contributed by atoms with Crippen LogP contribution in [0.25, 0.3) is 0 Å². The molecule has 2 saturated carbocycles. The molecule has 0 radical (unpaired) electrons. The van der Waals surface area contributed by atoms with Crippen LogP contribution in [0.4, 0.5) is 0 Å². The van der Waals surface area contributed by atoms with Crippen LogP contribution in [-0.2, 0) is 0 Å². The zero-order valence-electron chi connectivity index (χ0n) is 11.5. The van der Waals surface area contributed by atoms with Gasteiger partial charge >= 0.3 is 0 Å². The Morgan fingerprint density at radius 2 is 2.11 bits per heavy atom. The van der Waals surface area contributed by atoms with Gasteiger partial charge in [-0.15, -0.1) is 0 Å². The SMILES string of the molecule is C[C@@]12C=CC=C1C1=CC=C3CCCC4NC(C2)[C@@H]1[C@H]34. The van der Waals surface area contributed by atoms with Crippen molar-refractivity contribution in [2.24, 2.45) is 17.3 Å². The molecule has 1 aliphatic heterocycles. The lowest BCUT2D eigenvalue weighted by Gasteiger charge is -2.44. The van der Waals surface area contributed by atoms with Crippen molar-refractivity contribution < 1.29 is 0 Å². The smallest absolute Gasteiger partial charge is 0.0156 e. The van der Waals surface area contributed by atoms with Gasteiger partial charge in [-0.2, -0.15) is 0 Å². The molecular formula is C18H21N. The van der Waals surface area contributed by atoms with Gasteiger partial charge in [-0.1, -0.05) is 42.9 Å². The summed E-state index contributed by atoms with van der Waals surface area (Å²) >= 11 is 0. The normalized spacial score (nSPS) is 49.2. The van der Waals surface area contributed by atoms with E-state index in [1.807, 2.05) is 0 Å². The van der Waals surface area contributed by atoms with Gasteiger partial charge in [-0.05, 0) is 36.8 Å². The minimum Gasteiger partial charge on any atom is -0.310 e. The van der Waals surface area contributed by atoms with Crippen LogP contribution in [0.15, 0.2) is 47.1 Å². The molecule has 3 fully saturated rings. The lowest BCUT2D eigenvalue weighted by molar-refractivity contribution is 0.299. The van der Waals surface area contributed by atoms with Gasteiger partial charge in [-0.25, -0.2) is 0 Å². The number of fused-ring (bicyclic) bond motifs is 2. The first-order valence-electron chi connectivity index (χ1n) is 7.83. The second kappa shape index (κ2) is 3.32. The average Bonchev–Trinajstić information content (AvgIpc) is 2.95. The first kappa shape index (κ1) is 10.7. The number of allylic oxidation sites excluding steroid dienone is 6. The Bertz CT molecular complexity index is 576. The van der Waals surface area contributed by atoms with Gasteiger partial charge in [-0.3, -0.25) is 0 Å². The Morgan fingerprint density at radius 1 is 1.16 bits per heavy atom. The van der Waals surface area contributed by atoms with Gasteiger partial charge in [0.05, 0.1) is 0 Å². The summed E-state index contributed by atoms with van der Waals surface area (Å²) in [6.07, 6.45) is 17.4. The fourth-order valence-corrected chi connectivity index (χ4v) is 5.49. The summed E-state index contributed by atoms with van der Waals surface area (Å²) in [5, 5.41) is 3.99. The molecule has 1 heteroatoms. The molecule has 4 aliphatic carbocycles. The van der Waals surface area contributed by atoms with E-state index in [4.69, 9.17) is 0 Å². The topological polar surface area (TPSA) is 12.0 Å². The van der Waals surface area contributed by atoms with Crippen LogP contribution in [0.5, 0.6) is 0 Å². The predicted octanol–water partition coefficient (Wildman–Crippen LogP) is 3.52. The van der Waals surface area contributed by atoms with Crippen LogP contribution in [0.1, 0.15) is 32.6 Å². The van der Waals surface area contributed by atoms with Crippen molar-refractivity contribution in [1.82, 2.24) is 5.32 Å². The van der Waals surface area contributed by atoms with Crippen molar-refractivity contribution in [2.75, 3.05) is 0 Å². The van der Waals surface area contributed by atoms with Crippen molar-refractivity contribution in [2.45, 2.75) is 44.7 Å². The third-order valence-electron chi connectivity index (χ3n) is 6.22. The Balaban J connectivity index is 1.69. The molecule has 0 aromatic carbocycles. The van der Waals surface area contributed by atoms with Gasteiger partial charge in [0.2, 0.25) is 0 Å². The van der Waals surface area contributed by atoms with Crippen molar-refractivity contribution >= 4 is 0 Å². The monoisotopic (exact) mass is 251 g/mol. The molecule has 98 valence electrons. The maximum absolute atomic E-state index is 3.99. The van der Waals surface area contributed by atoms with Crippen molar-refractivity contribution in [3.05, 3.63) is 47.1 Å². The number of rotatable bonds is 0. The summed E-state index contributed by atoms with van der Waals surface area (Å²) in [6, 6.07) is 1.46. The summed E-state index contributed by atoms with van der Waals surface area (Å²) in [7, 11) is 0.